The number of rotatable bonds is 1. The summed E-state index contributed by atoms with van der Waals surface area (Å²) in [5.74, 6) is -0.491. The van der Waals surface area contributed by atoms with Gasteiger partial charge in [-0.3, -0.25) is 4.79 Å². The molecular weight excluding hydrogens is 144 g/mol. The maximum atomic E-state index is 10.9. The van der Waals surface area contributed by atoms with Crippen molar-refractivity contribution in [2.45, 2.75) is 0 Å². The van der Waals surface area contributed by atoms with Crippen LogP contribution in [0.2, 0.25) is 0 Å². The van der Waals surface area contributed by atoms with E-state index in [0.29, 0.717) is 0 Å². The van der Waals surface area contributed by atoms with Gasteiger partial charge in [0.2, 0.25) is 0 Å². The van der Waals surface area contributed by atoms with Crippen LogP contribution in [0, 0.1) is 0 Å². The minimum absolute atomic E-state index is 0.0509. The molecule has 1 aromatic rings. The van der Waals surface area contributed by atoms with Crippen LogP contribution in [0.25, 0.3) is 0 Å². The molecule has 58 valence electrons. The van der Waals surface area contributed by atoms with Crippen LogP contribution in [0.15, 0.2) is 18.3 Å². The first kappa shape index (κ1) is 7.53. The smallest absolute Gasteiger partial charge is 0.273 e. The highest BCUT2D eigenvalue weighted by molar-refractivity contribution is 5.94. The summed E-state index contributed by atoms with van der Waals surface area (Å²) in [5, 5.41) is 11.4. The molecule has 0 saturated heterocycles. The molecule has 0 aromatic carbocycles. The zero-order valence-electron chi connectivity index (χ0n) is 6.03. The van der Waals surface area contributed by atoms with Crippen LogP contribution in [-0.4, -0.2) is 23.0 Å². The Balaban J connectivity index is 3.03. The number of pyridine rings is 1. The molecule has 0 bridgehead atoms. The van der Waals surface area contributed by atoms with Crippen molar-refractivity contribution >= 4 is 5.91 Å². The Labute approximate surface area is 63.9 Å². The highest BCUT2D eigenvalue weighted by Crippen LogP contribution is 2.11. The van der Waals surface area contributed by atoms with Gasteiger partial charge in [-0.25, -0.2) is 4.98 Å². The van der Waals surface area contributed by atoms with Crippen LogP contribution in [0.5, 0.6) is 5.75 Å². The van der Waals surface area contributed by atoms with E-state index in [4.69, 9.17) is 5.11 Å². The average Bonchev–Trinajstić information content (AvgIpc) is 2.04. The predicted octanol–water partition coefficient (Wildman–Crippen LogP) is 0.147. The van der Waals surface area contributed by atoms with Crippen LogP contribution in [0.4, 0.5) is 0 Å². The highest BCUT2D eigenvalue weighted by atomic mass is 16.3. The van der Waals surface area contributed by atoms with E-state index in [2.05, 4.69) is 10.3 Å². The van der Waals surface area contributed by atoms with Crippen molar-refractivity contribution < 1.29 is 9.90 Å². The van der Waals surface area contributed by atoms with Crippen molar-refractivity contribution in [3.63, 3.8) is 0 Å². The van der Waals surface area contributed by atoms with Gasteiger partial charge in [0.15, 0.2) is 5.69 Å². The van der Waals surface area contributed by atoms with Crippen molar-refractivity contribution in [2.75, 3.05) is 7.05 Å². The fraction of sp³-hybridized carbons (Fsp3) is 0.143. The van der Waals surface area contributed by atoms with E-state index < -0.39 is 0 Å². The minimum Gasteiger partial charge on any atom is -0.505 e. The van der Waals surface area contributed by atoms with Gasteiger partial charge in [0.05, 0.1) is 0 Å². The first-order valence-electron chi connectivity index (χ1n) is 3.11. The van der Waals surface area contributed by atoms with Crippen LogP contribution < -0.4 is 5.32 Å². The molecule has 0 aliphatic carbocycles. The molecule has 0 spiro atoms. The van der Waals surface area contributed by atoms with Gasteiger partial charge in [0.1, 0.15) is 5.75 Å². The van der Waals surface area contributed by atoms with Crippen LogP contribution in [-0.2, 0) is 0 Å². The molecule has 0 aliphatic heterocycles. The Morgan fingerprint density at radius 3 is 3.00 bits per heavy atom. The molecule has 0 aliphatic rings. The van der Waals surface area contributed by atoms with Gasteiger partial charge in [-0.2, -0.15) is 0 Å². The van der Waals surface area contributed by atoms with Gasteiger partial charge in [-0.1, -0.05) is 0 Å². The second-order valence-electron chi connectivity index (χ2n) is 1.95. The summed E-state index contributed by atoms with van der Waals surface area (Å²) in [6.45, 7) is 0. The zero-order chi connectivity index (χ0) is 8.27. The predicted molar refractivity (Wildman–Crippen MR) is 39.3 cm³/mol. The van der Waals surface area contributed by atoms with Crippen LogP contribution in [0.3, 0.4) is 0 Å². The summed E-state index contributed by atoms with van der Waals surface area (Å²) >= 11 is 0. The molecular formula is C7H8N2O2. The maximum Gasteiger partial charge on any atom is 0.273 e. The highest BCUT2D eigenvalue weighted by Gasteiger charge is 2.08. The van der Waals surface area contributed by atoms with Gasteiger partial charge in [-0.15, -0.1) is 0 Å². The normalized spacial score (nSPS) is 9.18. The molecule has 1 aromatic heterocycles. The number of nitrogens with one attached hydrogen (secondary N) is 1. The van der Waals surface area contributed by atoms with Gasteiger partial charge < -0.3 is 10.4 Å². The van der Waals surface area contributed by atoms with E-state index in [1.807, 2.05) is 0 Å². The van der Waals surface area contributed by atoms with Gasteiger partial charge in [0.25, 0.3) is 5.91 Å². The molecule has 11 heavy (non-hydrogen) atoms. The first-order valence-corrected chi connectivity index (χ1v) is 3.11. The van der Waals surface area contributed by atoms with E-state index >= 15 is 0 Å². The Morgan fingerprint density at radius 2 is 2.45 bits per heavy atom. The third-order valence-electron chi connectivity index (χ3n) is 1.23. The topological polar surface area (TPSA) is 62.2 Å². The summed E-state index contributed by atoms with van der Waals surface area (Å²) in [7, 11) is 1.48. The Morgan fingerprint density at radius 1 is 1.73 bits per heavy atom. The molecule has 0 unspecified atom stereocenters. The first-order chi connectivity index (χ1) is 5.25. The second kappa shape index (κ2) is 3.01. The van der Waals surface area contributed by atoms with E-state index in [0.717, 1.165) is 0 Å². The summed E-state index contributed by atoms with van der Waals surface area (Å²) < 4.78 is 0. The van der Waals surface area contributed by atoms with E-state index in [-0.39, 0.29) is 17.4 Å². The molecule has 4 nitrogen and oxygen atoms in total. The molecule has 1 rings (SSSR count). The quantitative estimate of drug-likeness (QED) is 0.602. The number of hydrogen-bond donors (Lipinski definition) is 2. The molecule has 2 N–H and O–H groups in total. The lowest BCUT2D eigenvalue weighted by Crippen LogP contribution is -2.19. The Hall–Kier alpha value is -1.58. The Bertz CT molecular complexity index is 273. The van der Waals surface area contributed by atoms with Gasteiger partial charge in [-0.05, 0) is 12.1 Å². The fourth-order valence-electron chi connectivity index (χ4n) is 0.690. The largest absolute Gasteiger partial charge is 0.505 e. The lowest BCUT2D eigenvalue weighted by Gasteiger charge is -1.99. The van der Waals surface area contributed by atoms with Crippen molar-refractivity contribution in [2.24, 2.45) is 0 Å². The number of aromatic nitrogens is 1. The van der Waals surface area contributed by atoms with E-state index in [1.165, 1.54) is 19.3 Å². The summed E-state index contributed by atoms with van der Waals surface area (Å²) in [5.41, 5.74) is 0.0509. The van der Waals surface area contributed by atoms with E-state index in [9.17, 15) is 4.79 Å². The second-order valence-corrected chi connectivity index (χ2v) is 1.95. The maximum absolute atomic E-state index is 10.9. The molecule has 0 saturated carbocycles. The molecule has 0 fully saturated rings. The lowest BCUT2D eigenvalue weighted by atomic mass is 10.3. The number of carbonyl (C=O) groups excluding carboxylic acids is 1. The number of carbonyl (C=O) groups is 1. The summed E-state index contributed by atoms with van der Waals surface area (Å²) in [6, 6.07) is 2.97. The number of aromatic hydroxyl groups is 1. The van der Waals surface area contributed by atoms with Crippen molar-refractivity contribution in [3.05, 3.63) is 24.0 Å². The van der Waals surface area contributed by atoms with Crippen molar-refractivity contribution in [1.82, 2.24) is 10.3 Å². The third-order valence-corrected chi connectivity index (χ3v) is 1.23. The number of nitrogens with zero attached hydrogens (tertiary/aromatic N) is 1. The fourth-order valence-corrected chi connectivity index (χ4v) is 0.690. The van der Waals surface area contributed by atoms with Gasteiger partial charge in [0, 0.05) is 13.2 Å². The average molecular weight is 152 g/mol. The molecule has 0 radical (unpaired) electrons. The van der Waals surface area contributed by atoms with Gasteiger partial charge >= 0.3 is 0 Å². The van der Waals surface area contributed by atoms with Crippen LogP contribution in [0.1, 0.15) is 10.5 Å². The SMILES string of the molecule is CNC(=O)c1ncccc1O. The molecule has 1 amide bonds. The van der Waals surface area contributed by atoms with Crippen molar-refractivity contribution in [3.8, 4) is 5.75 Å². The monoisotopic (exact) mass is 152 g/mol. The standard InChI is InChI=1S/C7H8N2O2/c1-8-7(11)6-5(10)3-2-4-9-6/h2-4,10H,1H3,(H,8,11). The Kier molecular flexibility index (Phi) is 2.06. The minimum atomic E-state index is -0.386. The number of amides is 1. The van der Waals surface area contributed by atoms with Crippen LogP contribution >= 0.6 is 0 Å². The third kappa shape index (κ3) is 1.46. The molecule has 1 heterocycles. The van der Waals surface area contributed by atoms with Crippen molar-refractivity contribution in [1.29, 1.82) is 0 Å². The zero-order valence-corrected chi connectivity index (χ0v) is 6.03. The number of hydrogen-bond acceptors (Lipinski definition) is 3. The summed E-state index contributed by atoms with van der Waals surface area (Å²) in [4.78, 5) is 14.6. The molecule has 0 atom stereocenters. The summed E-state index contributed by atoms with van der Waals surface area (Å²) in [6.07, 6.45) is 1.45. The van der Waals surface area contributed by atoms with E-state index in [1.54, 1.807) is 6.07 Å². The lowest BCUT2D eigenvalue weighted by molar-refractivity contribution is 0.0955. The molecule has 4 heteroatoms.